The summed E-state index contributed by atoms with van der Waals surface area (Å²) in [5.41, 5.74) is -0.888. The number of hydrogen-bond donors (Lipinski definition) is 1. The molecule has 1 aromatic carbocycles. The molecule has 1 aliphatic rings. The fourth-order valence-corrected chi connectivity index (χ4v) is 6.07. The minimum Gasteiger partial charge on any atom is -0.493 e. The molecule has 1 saturated heterocycles. The Bertz CT molecular complexity index is 1420. The predicted octanol–water partition coefficient (Wildman–Crippen LogP) is 4.04. The average Bonchev–Trinajstić information content (AvgIpc) is 3.51. The van der Waals surface area contributed by atoms with Crippen molar-refractivity contribution in [3.8, 4) is 16.6 Å². The molecule has 2 aromatic heterocycles. The largest absolute Gasteiger partial charge is 0.493 e. The molecule has 17 heteroatoms. The van der Waals surface area contributed by atoms with Crippen molar-refractivity contribution in [3.63, 3.8) is 0 Å². The summed E-state index contributed by atoms with van der Waals surface area (Å²) in [7, 11) is 0. The summed E-state index contributed by atoms with van der Waals surface area (Å²) >= 11 is 14.0. The van der Waals surface area contributed by atoms with E-state index in [9.17, 15) is 23.9 Å². The number of hydrogen-bond acceptors (Lipinski definition) is 13. The third kappa shape index (κ3) is 7.01. The fourth-order valence-electron chi connectivity index (χ4n) is 3.90. The van der Waals surface area contributed by atoms with Gasteiger partial charge in [-0.25, -0.2) is 14.1 Å². The zero-order valence-corrected chi connectivity index (χ0v) is 24.1. The lowest BCUT2D eigenvalue weighted by Gasteiger charge is -2.44. The molecule has 12 nitrogen and oxygen atoms in total. The van der Waals surface area contributed by atoms with Gasteiger partial charge in [-0.1, -0.05) is 40.2 Å². The molecule has 5 unspecified atom stereocenters. The highest BCUT2D eigenvalue weighted by atomic mass is 35.5. The lowest BCUT2D eigenvalue weighted by Crippen LogP contribution is -2.57. The monoisotopic (exact) mass is 634 g/mol. The van der Waals surface area contributed by atoms with Crippen LogP contribution in [0.3, 0.4) is 0 Å². The second kappa shape index (κ2) is 12.7. The molecule has 0 spiro atoms. The van der Waals surface area contributed by atoms with Crippen molar-refractivity contribution in [2.45, 2.75) is 55.5 Å². The van der Waals surface area contributed by atoms with Gasteiger partial charge in [0.25, 0.3) is 0 Å². The van der Waals surface area contributed by atoms with Crippen LogP contribution in [0.2, 0.25) is 10.0 Å². The Morgan fingerprint density at radius 1 is 1.12 bits per heavy atom. The van der Waals surface area contributed by atoms with Crippen LogP contribution in [-0.4, -0.2) is 73.3 Å². The first-order valence-electron chi connectivity index (χ1n) is 11.4. The van der Waals surface area contributed by atoms with E-state index in [-0.39, 0.29) is 33.1 Å². The minimum absolute atomic E-state index is 0.00600. The van der Waals surface area contributed by atoms with Crippen molar-refractivity contribution in [1.29, 1.82) is 0 Å². The number of rotatable bonds is 8. The van der Waals surface area contributed by atoms with Gasteiger partial charge in [0.2, 0.25) is 5.88 Å². The topological polar surface area (TPSA) is 152 Å². The molecule has 4 rings (SSSR count). The molecular weight excluding hydrogens is 614 g/mol. The fraction of sp³-hybridized carbons (Fsp3) is 0.391. The van der Waals surface area contributed by atoms with E-state index in [0.717, 1.165) is 43.0 Å². The van der Waals surface area contributed by atoms with Gasteiger partial charge in [0.1, 0.15) is 40.7 Å². The van der Waals surface area contributed by atoms with E-state index in [1.165, 1.54) is 29.2 Å². The second-order valence-corrected chi connectivity index (χ2v) is 11.2. The smallest absolute Gasteiger partial charge is 0.303 e. The molecule has 0 radical (unpaired) electrons. The van der Waals surface area contributed by atoms with Gasteiger partial charge in [-0.2, -0.15) is 0 Å². The van der Waals surface area contributed by atoms with E-state index in [0.29, 0.717) is 5.01 Å². The number of aromatic hydroxyl groups is 1. The summed E-state index contributed by atoms with van der Waals surface area (Å²) in [4.78, 5) is 40.0. The molecule has 1 aliphatic heterocycles. The summed E-state index contributed by atoms with van der Waals surface area (Å²) < 4.78 is 38.7. The molecule has 5 atom stereocenters. The van der Waals surface area contributed by atoms with E-state index < -0.39 is 53.5 Å². The van der Waals surface area contributed by atoms with Crippen molar-refractivity contribution >= 4 is 64.2 Å². The van der Waals surface area contributed by atoms with Gasteiger partial charge in [-0.05, 0) is 12.1 Å². The van der Waals surface area contributed by atoms with E-state index in [1.807, 2.05) is 0 Å². The second-order valence-electron chi connectivity index (χ2n) is 8.39. The number of thiazole rings is 1. The van der Waals surface area contributed by atoms with E-state index in [2.05, 4.69) is 15.3 Å². The van der Waals surface area contributed by atoms with Crippen LogP contribution in [0.5, 0.6) is 5.88 Å². The summed E-state index contributed by atoms with van der Waals surface area (Å²) in [6.45, 7) is 3.15. The quantitative estimate of drug-likeness (QED) is 0.216. The van der Waals surface area contributed by atoms with Crippen molar-refractivity contribution in [1.82, 2.24) is 20.0 Å². The first-order chi connectivity index (χ1) is 18.9. The van der Waals surface area contributed by atoms with Crippen LogP contribution in [0.1, 0.15) is 26.8 Å². The number of benzene rings is 1. The summed E-state index contributed by atoms with van der Waals surface area (Å²) in [5.74, 6) is -2.98. The molecule has 3 heterocycles. The van der Waals surface area contributed by atoms with Crippen LogP contribution in [0.25, 0.3) is 10.7 Å². The highest BCUT2D eigenvalue weighted by Gasteiger charge is 2.52. The highest BCUT2D eigenvalue weighted by molar-refractivity contribution is 7.99. The van der Waals surface area contributed by atoms with Crippen molar-refractivity contribution in [2.75, 3.05) is 6.61 Å². The molecule has 214 valence electrons. The maximum Gasteiger partial charge on any atom is 0.303 e. The zero-order chi connectivity index (χ0) is 29.1. The van der Waals surface area contributed by atoms with Crippen molar-refractivity contribution in [2.24, 2.45) is 0 Å². The Labute approximate surface area is 244 Å². The Kier molecular flexibility index (Phi) is 9.51. The molecular formula is C23H21Cl2FN4O8S2. The molecule has 0 aliphatic carbocycles. The number of thioether (sulfide) groups is 1. The molecule has 1 fully saturated rings. The molecule has 0 amide bonds. The lowest BCUT2D eigenvalue weighted by atomic mass is 9.96. The van der Waals surface area contributed by atoms with Gasteiger partial charge in [0.05, 0.1) is 21.6 Å². The molecule has 40 heavy (non-hydrogen) atoms. The van der Waals surface area contributed by atoms with E-state index >= 15 is 0 Å². The minimum atomic E-state index is -1.24. The van der Waals surface area contributed by atoms with Gasteiger partial charge in [0, 0.05) is 25.7 Å². The number of carbonyl (C=O) groups is 3. The maximum atomic E-state index is 14.9. The standard InChI is InChI=1S/C23H21Cl2FN4O8S2/c1-9(31)35-7-16-20(36-10(2)32)19(30-6-15(28-29-30)22-27-18(34)8-39-22)21(37-11(3)33)23(38-16)40-17-5-13(25)12(24)4-14(17)26/h4-6,8,16,19-21,23,34H,7H2,1-3H3. The third-order valence-corrected chi connectivity index (χ3v) is 8.17. The number of aromatic nitrogens is 4. The number of nitrogens with zero attached hydrogens (tertiary/aromatic N) is 4. The molecule has 3 aromatic rings. The summed E-state index contributed by atoms with van der Waals surface area (Å²) in [6.07, 6.45) is -2.11. The van der Waals surface area contributed by atoms with Gasteiger partial charge in [-0.3, -0.25) is 14.4 Å². The lowest BCUT2D eigenvalue weighted by molar-refractivity contribution is -0.212. The number of ether oxygens (including phenoxy) is 4. The predicted molar refractivity (Wildman–Crippen MR) is 141 cm³/mol. The summed E-state index contributed by atoms with van der Waals surface area (Å²) in [6, 6.07) is 1.22. The van der Waals surface area contributed by atoms with Gasteiger partial charge in [-0.15, -0.1) is 16.4 Å². The van der Waals surface area contributed by atoms with Crippen LogP contribution >= 0.6 is 46.3 Å². The Balaban J connectivity index is 1.81. The van der Waals surface area contributed by atoms with Crippen LogP contribution < -0.4 is 0 Å². The Morgan fingerprint density at radius 3 is 2.42 bits per heavy atom. The molecule has 1 N–H and O–H groups in total. The number of esters is 3. The van der Waals surface area contributed by atoms with Crippen LogP contribution in [0.15, 0.2) is 28.6 Å². The van der Waals surface area contributed by atoms with E-state index in [1.54, 1.807) is 0 Å². The highest BCUT2D eigenvalue weighted by Crippen LogP contribution is 2.43. The van der Waals surface area contributed by atoms with Crippen LogP contribution in [0, 0.1) is 5.82 Å². The van der Waals surface area contributed by atoms with Crippen molar-refractivity contribution < 1.29 is 42.8 Å². The van der Waals surface area contributed by atoms with Gasteiger partial charge in [0.15, 0.2) is 12.2 Å². The van der Waals surface area contributed by atoms with Crippen LogP contribution in [-0.2, 0) is 33.3 Å². The summed E-state index contributed by atoms with van der Waals surface area (Å²) in [5, 5.41) is 19.7. The van der Waals surface area contributed by atoms with Crippen molar-refractivity contribution in [3.05, 3.63) is 39.6 Å². The zero-order valence-electron chi connectivity index (χ0n) is 20.9. The Morgan fingerprint density at radius 2 is 1.80 bits per heavy atom. The number of carbonyl (C=O) groups excluding carboxylic acids is 3. The first kappa shape index (κ1) is 30.0. The average molecular weight is 635 g/mol. The normalized spacial score (nSPS) is 22.5. The van der Waals surface area contributed by atoms with Crippen LogP contribution in [0.4, 0.5) is 4.39 Å². The molecule has 0 bridgehead atoms. The Hall–Kier alpha value is -2.98. The first-order valence-corrected chi connectivity index (χ1v) is 14.0. The third-order valence-electron chi connectivity index (χ3n) is 5.42. The van der Waals surface area contributed by atoms with Gasteiger partial charge < -0.3 is 24.1 Å². The molecule has 0 saturated carbocycles. The SMILES string of the molecule is CC(=O)OCC1OC(Sc2cc(Cl)c(Cl)cc2F)C(OC(C)=O)C(n2cc(-c3nc(O)cs3)nn2)C1OC(C)=O. The van der Waals surface area contributed by atoms with E-state index in [4.69, 9.17) is 42.1 Å². The number of halogens is 3. The van der Waals surface area contributed by atoms with Gasteiger partial charge >= 0.3 is 17.9 Å². The maximum absolute atomic E-state index is 14.9.